The van der Waals surface area contributed by atoms with Crippen LogP contribution in [0.3, 0.4) is 0 Å². The van der Waals surface area contributed by atoms with Gasteiger partial charge < -0.3 is 14.2 Å². The normalized spacial score (nSPS) is 16.3. The van der Waals surface area contributed by atoms with Crippen LogP contribution in [0.4, 0.5) is 0 Å². The van der Waals surface area contributed by atoms with Gasteiger partial charge in [-0.25, -0.2) is 0 Å². The molecule has 18 heavy (non-hydrogen) atoms. The topological polar surface area (TPSA) is 44.8 Å². The highest BCUT2D eigenvalue weighted by molar-refractivity contribution is 5.94. The number of rotatable bonds is 4. The lowest BCUT2D eigenvalue weighted by Gasteiger charge is -2.24. The van der Waals surface area contributed by atoms with E-state index in [2.05, 4.69) is 0 Å². The first-order valence-corrected chi connectivity index (χ1v) is 6.14. The zero-order chi connectivity index (χ0) is 13.0. The van der Waals surface area contributed by atoms with E-state index in [1.165, 1.54) is 6.92 Å². The maximum Gasteiger partial charge on any atom is 0.161 e. The van der Waals surface area contributed by atoms with Crippen LogP contribution in [-0.4, -0.2) is 32.2 Å². The molecule has 0 amide bonds. The molecule has 0 saturated carbocycles. The highest BCUT2D eigenvalue weighted by atomic mass is 16.5. The molecule has 2 rings (SSSR count). The molecule has 0 N–H and O–H groups in total. The van der Waals surface area contributed by atoms with E-state index in [0.29, 0.717) is 17.1 Å². The number of hydrogen-bond acceptors (Lipinski definition) is 4. The van der Waals surface area contributed by atoms with Crippen LogP contribution in [0.5, 0.6) is 11.5 Å². The van der Waals surface area contributed by atoms with E-state index in [1.54, 1.807) is 25.3 Å². The van der Waals surface area contributed by atoms with Crippen molar-refractivity contribution in [1.29, 1.82) is 0 Å². The molecule has 0 atom stereocenters. The summed E-state index contributed by atoms with van der Waals surface area (Å²) in [7, 11) is 1.58. The Balaban J connectivity index is 2.13. The van der Waals surface area contributed by atoms with Crippen LogP contribution in [0.1, 0.15) is 30.1 Å². The van der Waals surface area contributed by atoms with E-state index in [4.69, 9.17) is 14.2 Å². The Labute approximate surface area is 107 Å². The molecule has 4 heteroatoms. The number of benzene rings is 1. The molecule has 1 heterocycles. The Kier molecular flexibility index (Phi) is 4.20. The summed E-state index contributed by atoms with van der Waals surface area (Å²) in [5.74, 6) is 1.31. The molecule has 1 aromatic rings. The van der Waals surface area contributed by atoms with Crippen LogP contribution in [0.25, 0.3) is 0 Å². The van der Waals surface area contributed by atoms with Crippen molar-refractivity contribution in [2.75, 3.05) is 20.3 Å². The summed E-state index contributed by atoms with van der Waals surface area (Å²) >= 11 is 0. The number of ether oxygens (including phenoxy) is 3. The largest absolute Gasteiger partial charge is 0.493 e. The predicted octanol–water partition coefficient (Wildman–Crippen LogP) is 2.46. The molecule has 98 valence electrons. The quantitative estimate of drug-likeness (QED) is 0.770. The molecule has 1 aliphatic heterocycles. The fourth-order valence-electron chi connectivity index (χ4n) is 1.96. The lowest BCUT2D eigenvalue weighted by atomic mass is 10.1. The molecule has 0 unspecified atom stereocenters. The summed E-state index contributed by atoms with van der Waals surface area (Å²) in [5.41, 5.74) is 0.631. The van der Waals surface area contributed by atoms with Gasteiger partial charge in [0.05, 0.1) is 20.3 Å². The minimum Gasteiger partial charge on any atom is -0.493 e. The summed E-state index contributed by atoms with van der Waals surface area (Å²) in [4.78, 5) is 11.3. The van der Waals surface area contributed by atoms with Crippen LogP contribution in [0.2, 0.25) is 0 Å². The van der Waals surface area contributed by atoms with Crippen LogP contribution >= 0.6 is 0 Å². The minimum absolute atomic E-state index is 0.0194. The van der Waals surface area contributed by atoms with Gasteiger partial charge in [0.15, 0.2) is 17.3 Å². The van der Waals surface area contributed by atoms with Gasteiger partial charge >= 0.3 is 0 Å². The van der Waals surface area contributed by atoms with Crippen LogP contribution in [-0.2, 0) is 4.74 Å². The van der Waals surface area contributed by atoms with E-state index in [-0.39, 0.29) is 11.9 Å². The van der Waals surface area contributed by atoms with Gasteiger partial charge in [-0.15, -0.1) is 0 Å². The number of methoxy groups -OCH3 is 1. The molecule has 0 aromatic heterocycles. The van der Waals surface area contributed by atoms with E-state index in [9.17, 15) is 4.79 Å². The van der Waals surface area contributed by atoms with Crippen LogP contribution in [0, 0.1) is 0 Å². The number of hydrogen-bond donors (Lipinski definition) is 0. The fourth-order valence-corrected chi connectivity index (χ4v) is 1.96. The van der Waals surface area contributed by atoms with E-state index >= 15 is 0 Å². The monoisotopic (exact) mass is 250 g/mol. The third kappa shape index (κ3) is 3.01. The third-order valence-corrected chi connectivity index (χ3v) is 3.03. The molecule has 1 aromatic carbocycles. The average Bonchev–Trinajstić information content (AvgIpc) is 2.40. The average molecular weight is 250 g/mol. The Morgan fingerprint density at radius 3 is 2.61 bits per heavy atom. The van der Waals surface area contributed by atoms with Crippen molar-refractivity contribution in [3.63, 3.8) is 0 Å². The van der Waals surface area contributed by atoms with Gasteiger partial charge in [0.2, 0.25) is 0 Å². The molecule has 4 nitrogen and oxygen atoms in total. The van der Waals surface area contributed by atoms with Gasteiger partial charge in [-0.2, -0.15) is 0 Å². The molecule has 1 aliphatic rings. The number of carbonyl (C=O) groups excluding carboxylic acids is 1. The van der Waals surface area contributed by atoms with Crippen molar-refractivity contribution in [2.45, 2.75) is 25.9 Å². The maximum atomic E-state index is 11.3. The second-order valence-corrected chi connectivity index (χ2v) is 4.35. The van der Waals surface area contributed by atoms with Gasteiger partial charge in [-0.05, 0) is 25.1 Å². The van der Waals surface area contributed by atoms with Crippen molar-refractivity contribution in [1.82, 2.24) is 0 Å². The second-order valence-electron chi connectivity index (χ2n) is 4.35. The molecular formula is C14H18O4. The summed E-state index contributed by atoms with van der Waals surface area (Å²) in [6.45, 7) is 3.00. The fraction of sp³-hybridized carbons (Fsp3) is 0.500. The van der Waals surface area contributed by atoms with Crippen LogP contribution in [0.15, 0.2) is 18.2 Å². The summed E-state index contributed by atoms with van der Waals surface area (Å²) in [6.07, 6.45) is 1.94. The van der Waals surface area contributed by atoms with Crippen molar-refractivity contribution in [3.8, 4) is 11.5 Å². The van der Waals surface area contributed by atoms with Crippen molar-refractivity contribution in [3.05, 3.63) is 23.8 Å². The minimum atomic E-state index is 0.0194. The SMILES string of the molecule is COc1cc(C(C)=O)ccc1OC1CCOCC1. The lowest BCUT2D eigenvalue weighted by Crippen LogP contribution is -2.26. The van der Waals surface area contributed by atoms with E-state index in [0.717, 1.165) is 26.1 Å². The molecule has 0 spiro atoms. The smallest absolute Gasteiger partial charge is 0.161 e. The summed E-state index contributed by atoms with van der Waals surface area (Å²) < 4.78 is 16.5. The van der Waals surface area contributed by atoms with E-state index < -0.39 is 0 Å². The molecule has 0 radical (unpaired) electrons. The van der Waals surface area contributed by atoms with Gasteiger partial charge in [0.1, 0.15) is 6.10 Å². The van der Waals surface area contributed by atoms with E-state index in [1.807, 2.05) is 0 Å². The number of ketones is 1. The van der Waals surface area contributed by atoms with Gasteiger partial charge in [-0.1, -0.05) is 0 Å². The Morgan fingerprint density at radius 1 is 1.28 bits per heavy atom. The van der Waals surface area contributed by atoms with Gasteiger partial charge in [-0.3, -0.25) is 4.79 Å². The number of Topliss-reactive ketones (excluding diaryl/α,β-unsaturated/α-hetero) is 1. The second kappa shape index (κ2) is 5.87. The first-order valence-electron chi connectivity index (χ1n) is 6.14. The number of carbonyl (C=O) groups is 1. The zero-order valence-electron chi connectivity index (χ0n) is 10.8. The molecule has 0 aliphatic carbocycles. The van der Waals surface area contributed by atoms with Crippen molar-refractivity contribution in [2.24, 2.45) is 0 Å². The molecule has 0 bridgehead atoms. The Hall–Kier alpha value is -1.55. The summed E-state index contributed by atoms with van der Waals surface area (Å²) in [6, 6.07) is 5.28. The van der Waals surface area contributed by atoms with Crippen LogP contribution < -0.4 is 9.47 Å². The first-order chi connectivity index (χ1) is 8.70. The van der Waals surface area contributed by atoms with Crippen molar-refractivity contribution < 1.29 is 19.0 Å². The maximum absolute atomic E-state index is 11.3. The zero-order valence-corrected chi connectivity index (χ0v) is 10.8. The third-order valence-electron chi connectivity index (χ3n) is 3.03. The highest BCUT2D eigenvalue weighted by Gasteiger charge is 2.17. The first kappa shape index (κ1) is 12.9. The van der Waals surface area contributed by atoms with Crippen molar-refractivity contribution >= 4 is 5.78 Å². The predicted molar refractivity (Wildman–Crippen MR) is 67.5 cm³/mol. The lowest BCUT2D eigenvalue weighted by molar-refractivity contribution is 0.0245. The Bertz CT molecular complexity index is 422. The standard InChI is InChI=1S/C14H18O4/c1-10(15)11-3-4-13(14(9-11)16-2)18-12-5-7-17-8-6-12/h3-4,9,12H,5-8H2,1-2H3. The van der Waals surface area contributed by atoms with Gasteiger partial charge in [0.25, 0.3) is 0 Å². The molecule has 1 saturated heterocycles. The Morgan fingerprint density at radius 2 is 2.00 bits per heavy atom. The molecule has 1 fully saturated rings. The highest BCUT2D eigenvalue weighted by Crippen LogP contribution is 2.30. The summed E-state index contributed by atoms with van der Waals surface area (Å²) in [5, 5.41) is 0. The van der Waals surface area contributed by atoms with Gasteiger partial charge in [0, 0.05) is 18.4 Å². The molecular weight excluding hydrogens is 232 g/mol.